The molecule has 4 atom stereocenters. The Morgan fingerprint density at radius 2 is 1.92 bits per heavy atom. The minimum absolute atomic E-state index is 0.00148. The zero-order valence-electron chi connectivity index (χ0n) is 7.27. The monoisotopic (exact) mass is 193 g/mol. The number of carbonyl (C=O) groups is 1. The molecule has 0 heterocycles. The summed E-state index contributed by atoms with van der Waals surface area (Å²) in [7, 11) is 0. The maximum absolute atomic E-state index is 11.4. The van der Waals surface area contributed by atoms with E-state index in [9.17, 15) is 4.79 Å². The number of rotatable bonds is 1. The number of hydrogen-bond acceptors (Lipinski definition) is 2. The van der Waals surface area contributed by atoms with E-state index in [0.717, 1.165) is 11.8 Å². The van der Waals surface area contributed by atoms with Crippen LogP contribution in [0, 0.1) is 29.6 Å². The Morgan fingerprint density at radius 3 is 2.46 bits per heavy atom. The van der Waals surface area contributed by atoms with Gasteiger partial charge >= 0.3 is 0 Å². The quantitative estimate of drug-likeness (QED) is 0.470. The molecule has 0 aromatic heterocycles. The van der Waals surface area contributed by atoms with E-state index in [-0.39, 0.29) is 11.8 Å². The SMILES string of the molecule is O=C(N=C=S)C1C2C3CCC(C3)C12. The van der Waals surface area contributed by atoms with Gasteiger partial charge in [0, 0.05) is 5.92 Å². The number of thiocarbonyl (C=S) groups is 1. The van der Waals surface area contributed by atoms with Crippen LogP contribution in [-0.2, 0) is 4.79 Å². The first kappa shape index (κ1) is 7.84. The van der Waals surface area contributed by atoms with Gasteiger partial charge < -0.3 is 0 Å². The molecular weight excluding hydrogens is 182 g/mol. The van der Waals surface area contributed by atoms with Gasteiger partial charge in [-0.3, -0.25) is 4.79 Å². The molecular formula is C10H11NOS. The summed E-state index contributed by atoms with van der Waals surface area (Å²) in [5, 5.41) is 2.19. The zero-order chi connectivity index (χ0) is 9.00. The maximum Gasteiger partial charge on any atom is 0.258 e. The summed E-state index contributed by atoms with van der Waals surface area (Å²) < 4.78 is 0. The Balaban J connectivity index is 1.79. The Morgan fingerprint density at radius 1 is 1.31 bits per heavy atom. The van der Waals surface area contributed by atoms with Gasteiger partial charge in [-0.25, -0.2) is 0 Å². The molecule has 2 nitrogen and oxygen atoms in total. The molecule has 0 radical (unpaired) electrons. The average molecular weight is 193 g/mol. The third-order valence-electron chi connectivity index (χ3n) is 4.18. The second kappa shape index (κ2) is 2.49. The summed E-state index contributed by atoms with van der Waals surface area (Å²) in [6.07, 6.45) is 4.06. The van der Waals surface area contributed by atoms with Crippen LogP contribution < -0.4 is 0 Å². The highest BCUT2D eigenvalue weighted by atomic mass is 32.1. The highest BCUT2D eigenvalue weighted by Crippen LogP contribution is 2.69. The van der Waals surface area contributed by atoms with Crippen molar-refractivity contribution in [2.24, 2.45) is 34.6 Å². The van der Waals surface area contributed by atoms with Crippen molar-refractivity contribution >= 4 is 23.3 Å². The van der Waals surface area contributed by atoms with Gasteiger partial charge in [0.15, 0.2) is 0 Å². The molecule has 3 fully saturated rings. The molecule has 3 rings (SSSR count). The number of amides is 1. The fourth-order valence-corrected chi connectivity index (χ4v) is 3.86. The van der Waals surface area contributed by atoms with Gasteiger partial charge in [-0.1, -0.05) is 0 Å². The van der Waals surface area contributed by atoms with Crippen molar-refractivity contribution < 1.29 is 4.79 Å². The molecule has 3 aliphatic rings. The highest BCUT2D eigenvalue weighted by molar-refractivity contribution is 7.78. The first-order valence-corrected chi connectivity index (χ1v) is 5.35. The van der Waals surface area contributed by atoms with Gasteiger partial charge in [0.2, 0.25) is 0 Å². The standard InChI is InChI=1S/C10H11NOS/c12-10(11-4-13)9-7-5-1-2-6(3-5)8(7)9/h5-9H,1-3H2. The van der Waals surface area contributed by atoms with Crippen LogP contribution in [0.15, 0.2) is 4.99 Å². The minimum Gasteiger partial charge on any atom is -0.272 e. The summed E-state index contributed by atoms with van der Waals surface area (Å²) in [5.74, 6) is 3.27. The van der Waals surface area contributed by atoms with Crippen LogP contribution in [0.3, 0.4) is 0 Å². The van der Waals surface area contributed by atoms with E-state index in [2.05, 4.69) is 22.4 Å². The van der Waals surface area contributed by atoms with Crippen molar-refractivity contribution in [1.82, 2.24) is 0 Å². The fourth-order valence-electron chi connectivity index (χ4n) is 3.77. The van der Waals surface area contributed by atoms with Gasteiger partial charge in [0.05, 0.1) is 5.16 Å². The number of aliphatic imine (C=N–C) groups is 1. The number of carbonyl (C=O) groups excluding carboxylic acids is 1. The Kier molecular flexibility index (Phi) is 1.50. The van der Waals surface area contributed by atoms with Gasteiger partial charge in [-0.15, -0.1) is 0 Å². The normalized spacial score (nSPS) is 49.7. The molecule has 0 aromatic rings. The zero-order valence-corrected chi connectivity index (χ0v) is 8.09. The largest absolute Gasteiger partial charge is 0.272 e. The molecule has 1 amide bonds. The third kappa shape index (κ3) is 0.918. The molecule has 0 spiro atoms. The van der Waals surface area contributed by atoms with Gasteiger partial charge in [-0.05, 0) is 55.2 Å². The molecule has 13 heavy (non-hydrogen) atoms. The molecule has 0 saturated heterocycles. The summed E-state index contributed by atoms with van der Waals surface area (Å²) >= 11 is 4.44. The lowest BCUT2D eigenvalue weighted by atomic mass is 10.0. The molecule has 0 aromatic carbocycles. The van der Waals surface area contributed by atoms with E-state index in [0.29, 0.717) is 11.8 Å². The molecule has 68 valence electrons. The van der Waals surface area contributed by atoms with Crippen LogP contribution >= 0.6 is 12.2 Å². The Labute approximate surface area is 82.4 Å². The van der Waals surface area contributed by atoms with Crippen LogP contribution in [0.5, 0.6) is 0 Å². The molecule has 2 bridgehead atoms. The molecule has 3 saturated carbocycles. The number of isothiocyanates is 1. The van der Waals surface area contributed by atoms with E-state index in [1.54, 1.807) is 0 Å². The predicted octanol–water partition coefficient (Wildman–Crippen LogP) is 1.91. The third-order valence-corrected chi connectivity index (χ3v) is 4.27. The van der Waals surface area contributed by atoms with Crippen LogP contribution in [-0.4, -0.2) is 11.1 Å². The lowest BCUT2D eigenvalue weighted by molar-refractivity contribution is -0.119. The Bertz CT molecular complexity index is 305. The van der Waals surface area contributed by atoms with E-state index >= 15 is 0 Å². The van der Waals surface area contributed by atoms with Gasteiger partial charge in [0.1, 0.15) is 0 Å². The van der Waals surface area contributed by atoms with Gasteiger partial charge in [0.25, 0.3) is 5.91 Å². The molecule has 0 N–H and O–H groups in total. The van der Waals surface area contributed by atoms with Gasteiger partial charge in [-0.2, -0.15) is 4.99 Å². The first-order valence-electron chi connectivity index (χ1n) is 4.94. The number of nitrogens with zero attached hydrogens (tertiary/aromatic N) is 1. The molecule has 3 aliphatic carbocycles. The fraction of sp³-hybridized carbons (Fsp3) is 0.800. The van der Waals surface area contributed by atoms with E-state index in [1.807, 2.05) is 0 Å². The maximum atomic E-state index is 11.4. The van der Waals surface area contributed by atoms with Crippen molar-refractivity contribution in [2.45, 2.75) is 19.3 Å². The van der Waals surface area contributed by atoms with E-state index in [4.69, 9.17) is 0 Å². The smallest absolute Gasteiger partial charge is 0.258 e. The molecule has 3 heteroatoms. The molecule has 0 aliphatic heterocycles. The summed E-state index contributed by atoms with van der Waals surface area (Å²) in [4.78, 5) is 15.0. The second-order valence-electron chi connectivity index (χ2n) is 4.56. The topological polar surface area (TPSA) is 29.4 Å². The van der Waals surface area contributed by atoms with Crippen molar-refractivity contribution in [3.63, 3.8) is 0 Å². The lowest BCUT2D eigenvalue weighted by Crippen LogP contribution is -2.06. The predicted molar refractivity (Wildman–Crippen MR) is 51.3 cm³/mol. The Hall–Kier alpha value is -0.530. The van der Waals surface area contributed by atoms with Crippen LogP contribution in [0.4, 0.5) is 0 Å². The van der Waals surface area contributed by atoms with Crippen LogP contribution in [0.2, 0.25) is 0 Å². The van der Waals surface area contributed by atoms with Crippen molar-refractivity contribution in [3.05, 3.63) is 0 Å². The summed E-state index contributed by atoms with van der Waals surface area (Å²) in [5.41, 5.74) is 0. The van der Waals surface area contributed by atoms with E-state index < -0.39 is 0 Å². The van der Waals surface area contributed by atoms with Crippen LogP contribution in [0.1, 0.15) is 19.3 Å². The summed E-state index contributed by atoms with van der Waals surface area (Å²) in [6, 6.07) is 0. The van der Waals surface area contributed by atoms with E-state index in [1.165, 1.54) is 19.3 Å². The van der Waals surface area contributed by atoms with Crippen molar-refractivity contribution in [3.8, 4) is 0 Å². The van der Waals surface area contributed by atoms with Crippen LogP contribution in [0.25, 0.3) is 0 Å². The summed E-state index contributed by atoms with van der Waals surface area (Å²) in [6.45, 7) is 0. The van der Waals surface area contributed by atoms with Crippen molar-refractivity contribution in [2.75, 3.05) is 0 Å². The minimum atomic E-state index is 0.00148. The van der Waals surface area contributed by atoms with Crippen molar-refractivity contribution in [1.29, 1.82) is 0 Å². The highest BCUT2D eigenvalue weighted by Gasteiger charge is 2.67. The number of hydrogen-bond donors (Lipinski definition) is 0. The second-order valence-corrected chi connectivity index (χ2v) is 4.74. The lowest BCUT2D eigenvalue weighted by Gasteiger charge is -2.04. The average Bonchev–Trinajstić information content (AvgIpc) is 2.57. The number of fused-ring (bicyclic) bond motifs is 5. The molecule has 4 unspecified atom stereocenters. The first-order chi connectivity index (χ1) is 6.33.